The first-order valence-electron chi connectivity index (χ1n) is 5.56. The second kappa shape index (κ2) is 4.14. The van der Waals surface area contributed by atoms with Crippen LogP contribution in [-0.4, -0.2) is 22.5 Å². The highest BCUT2D eigenvalue weighted by atomic mass is 32.2. The highest BCUT2D eigenvalue weighted by molar-refractivity contribution is 8.00. The van der Waals surface area contributed by atoms with Gasteiger partial charge in [-0.05, 0) is 37.3 Å². The molecule has 1 aromatic heterocycles. The third-order valence-electron chi connectivity index (χ3n) is 3.15. The first-order chi connectivity index (χ1) is 8.21. The topological polar surface area (TPSA) is 24.9 Å². The number of anilines is 1. The lowest BCUT2D eigenvalue weighted by Crippen LogP contribution is -2.17. The fourth-order valence-electron chi connectivity index (χ4n) is 1.80. The largest absolute Gasteiger partial charge is 0.360 e. The van der Waals surface area contributed by atoms with Gasteiger partial charge in [-0.1, -0.05) is 11.3 Å². The highest BCUT2D eigenvalue weighted by Crippen LogP contribution is 2.47. The number of nitrogens with zero attached hydrogens (tertiary/aromatic N) is 1. The Balaban J connectivity index is 1.77. The molecule has 1 aliphatic rings. The van der Waals surface area contributed by atoms with Crippen LogP contribution in [0.25, 0.3) is 10.2 Å². The maximum Gasteiger partial charge on any atom is 0.183 e. The number of hydrogen-bond donors (Lipinski definition) is 1. The van der Waals surface area contributed by atoms with Crippen molar-refractivity contribution in [2.45, 2.75) is 17.6 Å². The van der Waals surface area contributed by atoms with Gasteiger partial charge >= 0.3 is 0 Å². The highest BCUT2D eigenvalue weighted by Gasteiger charge is 2.41. The third-order valence-corrected chi connectivity index (χ3v) is 5.55. The summed E-state index contributed by atoms with van der Waals surface area (Å²) < 4.78 is 14.4. The summed E-state index contributed by atoms with van der Waals surface area (Å²) >= 11 is 3.44. The maximum atomic E-state index is 13.0. The van der Waals surface area contributed by atoms with E-state index >= 15 is 0 Å². The van der Waals surface area contributed by atoms with Crippen molar-refractivity contribution in [3.05, 3.63) is 24.0 Å². The van der Waals surface area contributed by atoms with Gasteiger partial charge in [0.25, 0.3) is 0 Å². The molecule has 90 valence electrons. The average Bonchev–Trinajstić information content (AvgIpc) is 3.00. The minimum atomic E-state index is -0.199. The van der Waals surface area contributed by atoms with Crippen LogP contribution in [0.15, 0.2) is 18.2 Å². The molecule has 0 unspecified atom stereocenters. The molecule has 0 radical (unpaired) electrons. The van der Waals surface area contributed by atoms with Crippen molar-refractivity contribution in [1.82, 2.24) is 4.98 Å². The Labute approximate surface area is 108 Å². The lowest BCUT2D eigenvalue weighted by atomic mass is 10.3. The van der Waals surface area contributed by atoms with E-state index in [1.54, 1.807) is 12.1 Å². The van der Waals surface area contributed by atoms with Crippen LogP contribution in [0.2, 0.25) is 0 Å². The van der Waals surface area contributed by atoms with Gasteiger partial charge in [-0.15, -0.1) is 0 Å². The minimum absolute atomic E-state index is 0.199. The normalized spacial score (nSPS) is 17.3. The van der Waals surface area contributed by atoms with Crippen LogP contribution in [0.1, 0.15) is 12.8 Å². The van der Waals surface area contributed by atoms with Crippen molar-refractivity contribution in [3.8, 4) is 0 Å². The van der Waals surface area contributed by atoms with E-state index in [2.05, 4.69) is 16.6 Å². The van der Waals surface area contributed by atoms with E-state index in [9.17, 15) is 4.39 Å². The summed E-state index contributed by atoms with van der Waals surface area (Å²) in [4.78, 5) is 4.45. The van der Waals surface area contributed by atoms with Gasteiger partial charge in [-0.25, -0.2) is 9.37 Å². The predicted octanol–water partition coefficient (Wildman–Crippen LogP) is 3.74. The summed E-state index contributed by atoms with van der Waals surface area (Å²) in [6.07, 6.45) is 4.71. The second-order valence-electron chi connectivity index (χ2n) is 4.37. The van der Waals surface area contributed by atoms with E-state index in [4.69, 9.17) is 0 Å². The van der Waals surface area contributed by atoms with Crippen molar-refractivity contribution >= 4 is 38.4 Å². The van der Waals surface area contributed by atoms with Crippen molar-refractivity contribution in [1.29, 1.82) is 0 Å². The molecular formula is C12H13FN2S2. The molecule has 0 bridgehead atoms. The molecule has 0 amide bonds. The zero-order valence-electron chi connectivity index (χ0n) is 9.50. The zero-order valence-corrected chi connectivity index (χ0v) is 11.1. The lowest BCUT2D eigenvalue weighted by molar-refractivity contribution is 0.630. The smallest absolute Gasteiger partial charge is 0.183 e. The van der Waals surface area contributed by atoms with E-state index in [0.29, 0.717) is 4.75 Å². The minimum Gasteiger partial charge on any atom is -0.360 e. The van der Waals surface area contributed by atoms with Crippen molar-refractivity contribution < 1.29 is 4.39 Å². The molecule has 1 saturated carbocycles. The summed E-state index contributed by atoms with van der Waals surface area (Å²) in [5.41, 5.74) is 0.868. The van der Waals surface area contributed by atoms with E-state index < -0.39 is 0 Å². The van der Waals surface area contributed by atoms with Gasteiger partial charge < -0.3 is 5.32 Å². The number of thiazole rings is 1. The molecule has 0 spiro atoms. The number of halogens is 1. The summed E-state index contributed by atoms with van der Waals surface area (Å²) in [5.74, 6) is -0.199. The van der Waals surface area contributed by atoms with E-state index in [1.807, 2.05) is 11.8 Å². The number of nitrogens with one attached hydrogen (secondary N) is 1. The van der Waals surface area contributed by atoms with Crippen molar-refractivity contribution in [3.63, 3.8) is 0 Å². The fourth-order valence-corrected chi connectivity index (χ4v) is 3.42. The number of thioether (sulfide) groups is 1. The Morgan fingerprint density at radius 3 is 3.06 bits per heavy atom. The van der Waals surface area contributed by atoms with Crippen LogP contribution in [0.3, 0.4) is 0 Å². The Kier molecular flexibility index (Phi) is 2.75. The summed E-state index contributed by atoms with van der Waals surface area (Å²) in [5, 5.41) is 4.27. The Morgan fingerprint density at radius 2 is 2.35 bits per heavy atom. The Hall–Kier alpha value is -0.810. The molecule has 1 fully saturated rings. The van der Waals surface area contributed by atoms with Gasteiger partial charge in [-0.2, -0.15) is 11.8 Å². The third kappa shape index (κ3) is 2.26. The van der Waals surface area contributed by atoms with Crippen molar-refractivity contribution in [2.24, 2.45) is 0 Å². The van der Waals surface area contributed by atoms with Crippen LogP contribution in [0, 0.1) is 5.82 Å². The van der Waals surface area contributed by atoms with Gasteiger partial charge in [-0.3, -0.25) is 0 Å². The Bertz CT molecular complexity index is 548. The van der Waals surface area contributed by atoms with Crippen LogP contribution in [0.4, 0.5) is 9.52 Å². The van der Waals surface area contributed by atoms with Crippen LogP contribution >= 0.6 is 23.1 Å². The van der Waals surface area contributed by atoms with Gasteiger partial charge in [0.15, 0.2) is 5.13 Å². The molecule has 1 N–H and O–H groups in total. The molecule has 0 aliphatic heterocycles. The number of fused-ring (bicyclic) bond motifs is 1. The number of aromatic nitrogens is 1. The Morgan fingerprint density at radius 1 is 1.53 bits per heavy atom. The predicted molar refractivity (Wildman–Crippen MR) is 73.5 cm³/mol. The summed E-state index contributed by atoms with van der Waals surface area (Å²) in [7, 11) is 0. The van der Waals surface area contributed by atoms with Gasteiger partial charge in [0.2, 0.25) is 0 Å². The van der Waals surface area contributed by atoms with Crippen LogP contribution in [0.5, 0.6) is 0 Å². The van der Waals surface area contributed by atoms with Gasteiger partial charge in [0, 0.05) is 11.3 Å². The SMILES string of the molecule is CSC1(CNc2nc3ccc(F)cc3s2)CC1. The lowest BCUT2D eigenvalue weighted by Gasteiger charge is -2.11. The van der Waals surface area contributed by atoms with Gasteiger partial charge in [0.05, 0.1) is 10.2 Å². The van der Waals surface area contributed by atoms with E-state index in [1.165, 1.54) is 30.2 Å². The standard InChI is InChI=1S/C12H13FN2S2/c1-16-12(4-5-12)7-14-11-15-9-3-2-8(13)6-10(9)17-11/h2-3,6H,4-5,7H2,1H3,(H,14,15). The summed E-state index contributed by atoms with van der Waals surface area (Å²) in [6.45, 7) is 0.955. The molecular weight excluding hydrogens is 255 g/mol. The molecule has 2 nitrogen and oxygen atoms in total. The molecule has 1 heterocycles. The molecule has 3 rings (SSSR count). The number of benzene rings is 1. The van der Waals surface area contributed by atoms with Crippen LogP contribution < -0.4 is 5.32 Å². The monoisotopic (exact) mass is 268 g/mol. The molecule has 1 aliphatic carbocycles. The molecule has 0 saturated heterocycles. The fraction of sp³-hybridized carbons (Fsp3) is 0.417. The van der Waals surface area contributed by atoms with Crippen molar-refractivity contribution in [2.75, 3.05) is 18.1 Å². The molecule has 2 aromatic rings. The second-order valence-corrected chi connectivity index (χ2v) is 6.68. The van der Waals surface area contributed by atoms with Gasteiger partial charge in [0.1, 0.15) is 5.82 Å². The zero-order chi connectivity index (χ0) is 11.9. The molecule has 5 heteroatoms. The maximum absolute atomic E-state index is 13.0. The summed E-state index contributed by atoms with van der Waals surface area (Å²) in [6, 6.07) is 4.73. The van der Waals surface area contributed by atoms with E-state index in [-0.39, 0.29) is 5.82 Å². The van der Waals surface area contributed by atoms with Crippen LogP contribution in [-0.2, 0) is 0 Å². The quantitative estimate of drug-likeness (QED) is 0.914. The molecule has 1 aromatic carbocycles. The first kappa shape index (κ1) is 11.3. The van der Waals surface area contributed by atoms with E-state index in [0.717, 1.165) is 21.9 Å². The molecule has 0 atom stereocenters. The first-order valence-corrected chi connectivity index (χ1v) is 7.60. The molecule has 17 heavy (non-hydrogen) atoms. The average molecular weight is 268 g/mol. The number of hydrogen-bond acceptors (Lipinski definition) is 4. The number of rotatable bonds is 4.